The molecule has 0 spiro atoms. The van der Waals surface area contributed by atoms with Crippen LogP contribution in [0.3, 0.4) is 0 Å². The molecule has 0 bridgehead atoms. The lowest BCUT2D eigenvalue weighted by molar-refractivity contribution is -0.144. The average molecular weight is 321 g/mol. The maximum absolute atomic E-state index is 13.5. The molecule has 6 nitrogen and oxygen atoms in total. The molecule has 1 aromatic carbocycles. The molecule has 1 rings (SSSR count). The summed E-state index contributed by atoms with van der Waals surface area (Å²) >= 11 is 11.5. The first-order valence-corrected chi connectivity index (χ1v) is 6.23. The molecule has 0 fully saturated rings. The van der Waals surface area contributed by atoms with Crippen molar-refractivity contribution in [1.29, 1.82) is 0 Å². The summed E-state index contributed by atoms with van der Waals surface area (Å²) in [5, 5.41) is 15.1. The van der Waals surface area contributed by atoms with E-state index in [0.29, 0.717) is 0 Å². The second kappa shape index (κ2) is 6.76. The van der Waals surface area contributed by atoms with Crippen molar-refractivity contribution in [3.05, 3.63) is 44.0 Å². The van der Waals surface area contributed by atoms with Crippen LogP contribution in [0.2, 0.25) is 10.0 Å². The zero-order valence-corrected chi connectivity index (χ0v) is 11.9. The average Bonchev–Trinajstić information content (AvgIpc) is 2.38. The minimum Gasteiger partial charge on any atom is -0.480 e. The molecule has 0 radical (unpaired) electrons. The second-order valence-corrected chi connectivity index (χ2v) is 4.87. The van der Waals surface area contributed by atoms with Crippen LogP contribution in [0.25, 0.3) is 10.4 Å². The van der Waals surface area contributed by atoms with Gasteiger partial charge in [-0.05, 0) is 24.6 Å². The van der Waals surface area contributed by atoms with Gasteiger partial charge in [-0.25, -0.2) is 9.18 Å². The largest absolute Gasteiger partial charge is 0.480 e. The molecular weight excluding hydrogens is 310 g/mol. The van der Waals surface area contributed by atoms with Gasteiger partial charge in [0.15, 0.2) is 0 Å². The Bertz CT molecular complexity index is 578. The lowest BCUT2D eigenvalue weighted by Crippen LogP contribution is -2.47. The van der Waals surface area contributed by atoms with E-state index in [1.54, 1.807) is 0 Å². The summed E-state index contributed by atoms with van der Waals surface area (Å²) in [5.41, 5.74) is 6.57. The van der Waals surface area contributed by atoms with E-state index >= 15 is 0 Å². The van der Waals surface area contributed by atoms with Crippen molar-refractivity contribution in [3.8, 4) is 0 Å². The smallest absolute Gasteiger partial charge is 0.328 e. The van der Waals surface area contributed by atoms with Crippen molar-refractivity contribution in [2.75, 3.05) is 13.1 Å². The Balaban J connectivity index is 3.15. The van der Waals surface area contributed by atoms with E-state index in [9.17, 15) is 14.3 Å². The number of azide groups is 1. The van der Waals surface area contributed by atoms with E-state index in [0.717, 1.165) is 12.1 Å². The molecule has 20 heavy (non-hydrogen) atoms. The molecule has 9 heteroatoms. The fraction of sp³-hybridized carbons (Fsp3) is 0.364. The van der Waals surface area contributed by atoms with E-state index in [1.165, 1.54) is 6.92 Å². The van der Waals surface area contributed by atoms with Gasteiger partial charge in [0.2, 0.25) is 0 Å². The molecule has 0 heterocycles. The molecule has 0 saturated carbocycles. The first-order valence-electron chi connectivity index (χ1n) is 5.47. The molecule has 0 amide bonds. The van der Waals surface area contributed by atoms with E-state index < -0.39 is 17.3 Å². The summed E-state index contributed by atoms with van der Waals surface area (Å²) < 4.78 is 13.5. The van der Waals surface area contributed by atoms with Crippen LogP contribution in [0.5, 0.6) is 0 Å². The summed E-state index contributed by atoms with van der Waals surface area (Å²) in [6, 6.07) is 2.11. The van der Waals surface area contributed by atoms with Crippen molar-refractivity contribution in [1.82, 2.24) is 5.32 Å². The first kappa shape index (κ1) is 16.5. The van der Waals surface area contributed by atoms with Gasteiger partial charge < -0.3 is 5.11 Å². The third-order valence-corrected chi connectivity index (χ3v) is 3.33. The maximum Gasteiger partial charge on any atom is 0.328 e. The number of carbonyl (C=O) groups is 1. The van der Waals surface area contributed by atoms with Crippen LogP contribution in [0, 0.1) is 5.82 Å². The molecule has 1 unspecified atom stereocenters. The molecule has 0 aliphatic rings. The predicted molar refractivity (Wildman–Crippen MR) is 73.4 cm³/mol. The summed E-state index contributed by atoms with van der Waals surface area (Å²) in [4.78, 5) is 14.0. The van der Waals surface area contributed by atoms with E-state index in [1.807, 2.05) is 0 Å². The highest BCUT2D eigenvalue weighted by Crippen LogP contribution is 2.32. The van der Waals surface area contributed by atoms with Gasteiger partial charge in [-0.2, -0.15) is 0 Å². The number of hydrogen-bond acceptors (Lipinski definition) is 3. The van der Waals surface area contributed by atoms with Crippen molar-refractivity contribution >= 4 is 29.2 Å². The quantitative estimate of drug-likeness (QED) is 0.276. The highest BCUT2D eigenvalue weighted by atomic mass is 35.5. The number of halogens is 3. The Morgan fingerprint density at radius 1 is 1.55 bits per heavy atom. The zero-order chi connectivity index (χ0) is 15.3. The van der Waals surface area contributed by atoms with Crippen LogP contribution < -0.4 is 5.32 Å². The van der Waals surface area contributed by atoms with Crippen LogP contribution in [0.1, 0.15) is 12.5 Å². The number of benzene rings is 1. The van der Waals surface area contributed by atoms with Gasteiger partial charge in [0.1, 0.15) is 11.4 Å². The van der Waals surface area contributed by atoms with Crippen molar-refractivity contribution in [2.45, 2.75) is 12.5 Å². The minimum absolute atomic E-state index is 0.0255. The van der Waals surface area contributed by atoms with Crippen LogP contribution in [-0.4, -0.2) is 24.2 Å². The number of rotatable bonds is 6. The Labute approximate surface area is 124 Å². The predicted octanol–water partition coefficient (Wildman–Crippen LogP) is 3.33. The highest BCUT2D eigenvalue weighted by Gasteiger charge is 2.37. The van der Waals surface area contributed by atoms with Crippen LogP contribution in [-0.2, 0) is 10.3 Å². The SMILES string of the molecule is CC(NCCN=[N+]=[N-])(C(=O)O)c1cc(F)c(Cl)cc1Cl. The fourth-order valence-corrected chi connectivity index (χ4v) is 2.16. The molecular formula is C11H11Cl2FN4O2. The minimum atomic E-state index is -1.63. The Hall–Kier alpha value is -1.53. The van der Waals surface area contributed by atoms with Crippen molar-refractivity contribution in [3.63, 3.8) is 0 Å². The number of nitrogens with one attached hydrogen (secondary N) is 1. The Morgan fingerprint density at radius 3 is 2.75 bits per heavy atom. The first-order chi connectivity index (χ1) is 9.32. The Morgan fingerprint density at radius 2 is 2.20 bits per heavy atom. The lowest BCUT2D eigenvalue weighted by Gasteiger charge is -2.27. The van der Waals surface area contributed by atoms with E-state index in [4.69, 9.17) is 28.7 Å². The number of carboxylic acid groups (broad SMARTS) is 1. The third-order valence-electron chi connectivity index (χ3n) is 2.73. The standard InChI is InChI=1S/C11H11Cl2FN4O2/c1-11(10(19)20,16-2-3-17-18-15)6-4-9(14)8(13)5-7(6)12/h4-5,16H,2-3H2,1H3,(H,19,20). The monoisotopic (exact) mass is 320 g/mol. The molecule has 0 aliphatic heterocycles. The third kappa shape index (κ3) is 3.52. The molecule has 108 valence electrons. The molecule has 2 N–H and O–H groups in total. The van der Waals surface area contributed by atoms with Gasteiger partial charge >= 0.3 is 5.97 Å². The van der Waals surface area contributed by atoms with Crippen LogP contribution in [0.15, 0.2) is 17.2 Å². The summed E-state index contributed by atoms with van der Waals surface area (Å²) in [5.74, 6) is -2.02. The summed E-state index contributed by atoms with van der Waals surface area (Å²) in [6.07, 6.45) is 0. The van der Waals surface area contributed by atoms with Crippen LogP contribution >= 0.6 is 23.2 Å². The van der Waals surface area contributed by atoms with Gasteiger partial charge in [0, 0.05) is 28.6 Å². The molecule has 1 aromatic rings. The van der Waals surface area contributed by atoms with Gasteiger partial charge in [0.25, 0.3) is 0 Å². The normalized spacial score (nSPS) is 13.4. The van der Waals surface area contributed by atoms with E-state index in [2.05, 4.69) is 15.3 Å². The molecule has 0 aliphatic carbocycles. The number of aliphatic carboxylic acids is 1. The van der Waals surface area contributed by atoms with Gasteiger partial charge in [-0.1, -0.05) is 28.3 Å². The Kier molecular flexibility index (Phi) is 5.59. The van der Waals surface area contributed by atoms with Crippen LogP contribution in [0.4, 0.5) is 4.39 Å². The van der Waals surface area contributed by atoms with Gasteiger partial charge in [0.05, 0.1) is 5.02 Å². The summed E-state index contributed by atoms with van der Waals surface area (Å²) in [7, 11) is 0. The highest BCUT2D eigenvalue weighted by molar-refractivity contribution is 6.35. The van der Waals surface area contributed by atoms with Gasteiger partial charge in [-0.15, -0.1) is 0 Å². The number of hydrogen-bond donors (Lipinski definition) is 2. The number of carboxylic acids is 1. The summed E-state index contributed by atoms with van der Waals surface area (Å²) in [6.45, 7) is 1.47. The maximum atomic E-state index is 13.5. The van der Waals surface area contributed by atoms with Gasteiger partial charge in [-0.3, -0.25) is 5.32 Å². The van der Waals surface area contributed by atoms with E-state index in [-0.39, 0.29) is 28.7 Å². The zero-order valence-electron chi connectivity index (χ0n) is 10.4. The number of nitrogens with zero attached hydrogens (tertiary/aromatic N) is 3. The molecule has 0 saturated heterocycles. The van der Waals surface area contributed by atoms with Crippen molar-refractivity contribution < 1.29 is 14.3 Å². The second-order valence-electron chi connectivity index (χ2n) is 4.06. The fourth-order valence-electron chi connectivity index (χ4n) is 1.59. The molecule has 1 atom stereocenters. The lowest BCUT2D eigenvalue weighted by atomic mass is 9.91. The topological polar surface area (TPSA) is 98.1 Å². The van der Waals surface area contributed by atoms with Crippen molar-refractivity contribution in [2.24, 2.45) is 5.11 Å². The molecule has 0 aromatic heterocycles.